The Kier molecular flexibility index (Phi) is 6.22. The van der Waals surface area contributed by atoms with Crippen molar-refractivity contribution in [3.63, 3.8) is 0 Å². The standard InChI is InChI=1S/C12H12FN3.2C2H6/c1-8-6-12-11(15-8)7-14-16(12)10-4-2-9(13)3-5-10;2*1-2/h2-5,7-8,15H,6H2,1H3;2*1-2H3. The molecule has 2 aromatic rings. The van der Waals surface area contributed by atoms with Gasteiger partial charge in [-0.3, -0.25) is 0 Å². The number of nitrogens with one attached hydrogen (secondary N) is 1. The molecule has 3 nitrogen and oxygen atoms in total. The van der Waals surface area contributed by atoms with Crippen LogP contribution in [0.5, 0.6) is 0 Å². The molecule has 1 N–H and O–H groups in total. The van der Waals surface area contributed by atoms with Crippen molar-refractivity contribution >= 4 is 5.69 Å². The van der Waals surface area contributed by atoms with Crippen LogP contribution in [0.15, 0.2) is 30.5 Å². The lowest BCUT2D eigenvalue weighted by atomic mass is 10.2. The molecule has 0 bridgehead atoms. The van der Waals surface area contributed by atoms with Crippen LogP contribution in [0.25, 0.3) is 5.69 Å². The summed E-state index contributed by atoms with van der Waals surface area (Å²) < 4.78 is 14.7. The van der Waals surface area contributed by atoms with Crippen molar-refractivity contribution in [2.45, 2.75) is 47.1 Å². The Bertz CT molecular complexity index is 517. The van der Waals surface area contributed by atoms with E-state index in [4.69, 9.17) is 0 Å². The maximum absolute atomic E-state index is 12.8. The van der Waals surface area contributed by atoms with Crippen LogP contribution in [-0.4, -0.2) is 15.8 Å². The van der Waals surface area contributed by atoms with Gasteiger partial charge >= 0.3 is 0 Å². The molecular weight excluding hydrogens is 253 g/mol. The van der Waals surface area contributed by atoms with Crippen LogP contribution in [0.2, 0.25) is 0 Å². The Balaban J connectivity index is 0.000000461. The molecular formula is C16H24FN3. The van der Waals surface area contributed by atoms with E-state index in [0.29, 0.717) is 6.04 Å². The number of halogens is 1. The highest BCUT2D eigenvalue weighted by molar-refractivity contribution is 5.55. The van der Waals surface area contributed by atoms with Crippen molar-refractivity contribution in [1.82, 2.24) is 9.78 Å². The Morgan fingerprint density at radius 1 is 1.15 bits per heavy atom. The quantitative estimate of drug-likeness (QED) is 0.836. The average molecular weight is 277 g/mol. The molecule has 0 saturated heterocycles. The summed E-state index contributed by atoms with van der Waals surface area (Å²) >= 11 is 0. The van der Waals surface area contributed by atoms with E-state index >= 15 is 0 Å². The molecule has 2 heterocycles. The molecule has 110 valence electrons. The fourth-order valence-corrected chi connectivity index (χ4v) is 2.10. The Labute approximate surface area is 120 Å². The summed E-state index contributed by atoms with van der Waals surface area (Å²) in [6.45, 7) is 10.1. The second kappa shape index (κ2) is 7.68. The maximum Gasteiger partial charge on any atom is 0.123 e. The maximum atomic E-state index is 12.8. The van der Waals surface area contributed by atoms with Crippen molar-refractivity contribution < 1.29 is 4.39 Å². The number of benzene rings is 1. The first kappa shape index (κ1) is 16.2. The monoisotopic (exact) mass is 277 g/mol. The van der Waals surface area contributed by atoms with Gasteiger partial charge in [0.1, 0.15) is 5.82 Å². The van der Waals surface area contributed by atoms with Crippen LogP contribution in [-0.2, 0) is 6.42 Å². The third-order valence-corrected chi connectivity index (χ3v) is 2.84. The van der Waals surface area contributed by atoms with Crippen LogP contribution in [0.3, 0.4) is 0 Å². The molecule has 0 radical (unpaired) electrons. The summed E-state index contributed by atoms with van der Waals surface area (Å²) in [5.74, 6) is -0.223. The van der Waals surface area contributed by atoms with E-state index in [2.05, 4.69) is 17.3 Å². The van der Waals surface area contributed by atoms with E-state index < -0.39 is 0 Å². The largest absolute Gasteiger partial charge is 0.379 e. The van der Waals surface area contributed by atoms with Crippen LogP contribution >= 0.6 is 0 Å². The predicted octanol–water partition coefficient (Wildman–Crippen LogP) is 4.42. The highest BCUT2D eigenvalue weighted by Crippen LogP contribution is 2.27. The molecule has 3 rings (SSSR count). The molecule has 0 amide bonds. The number of hydrogen-bond acceptors (Lipinski definition) is 2. The van der Waals surface area contributed by atoms with Crippen molar-refractivity contribution in [2.75, 3.05) is 5.32 Å². The molecule has 1 aliphatic rings. The number of aromatic nitrogens is 2. The lowest BCUT2D eigenvalue weighted by Crippen LogP contribution is -2.11. The minimum Gasteiger partial charge on any atom is -0.379 e. The molecule has 0 aliphatic carbocycles. The average Bonchev–Trinajstić information content (AvgIpc) is 3.03. The van der Waals surface area contributed by atoms with E-state index in [-0.39, 0.29) is 5.82 Å². The summed E-state index contributed by atoms with van der Waals surface area (Å²) in [5, 5.41) is 7.65. The third-order valence-electron chi connectivity index (χ3n) is 2.84. The first-order chi connectivity index (χ1) is 9.74. The molecule has 20 heavy (non-hydrogen) atoms. The minimum absolute atomic E-state index is 0.223. The van der Waals surface area contributed by atoms with Crippen molar-refractivity contribution in [1.29, 1.82) is 0 Å². The summed E-state index contributed by atoms with van der Waals surface area (Å²) in [4.78, 5) is 0. The molecule has 1 atom stereocenters. The van der Waals surface area contributed by atoms with Gasteiger partial charge in [0.05, 0.1) is 23.3 Å². The summed E-state index contributed by atoms with van der Waals surface area (Å²) in [5.41, 5.74) is 3.15. The SMILES string of the molecule is CC.CC.CC1Cc2c(cnn2-c2ccc(F)cc2)N1. The third kappa shape index (κ3) is 3.38. The van der Waals surface area contributed by atoms with E-state index in [9.17, 15) is 4.39 Å². The van der Waals surface area contributed by atoms with Gasteiger partial charge in [0.2, 0.25) is 0 Å². The number of rotatable bonds is 1. The minimum atomic E-state index is -0.223. The lowest BCUT2D eigenvalue weighted by molar-refractivity contribution is 0.626. The van der Waals surface area contributed by atoms with Gasteiger partial charge in [-0.1, -0.05) is 27.7 Å². The van der Waals surface area contributed by atoms with Gasteiger partial charge in [0, 0.05) is 12.5 Å². The van der Waals surface area contributed by atoms with Crippen LogP contribution < -0.4 is 5.32 Å². The highest BCUT2D eigenvalue weighted by atomic mass is 19.1. The first-order valence-corrected chi connectivity index (χ1v) is 7.33. The van der Waals surface area contributed by atoms with E-state index in [1.807, 2.05) is 38.6 Å². The fraction of sp³-hybridized carbons (Fsp3) is 0.438. The molecule has 1 unspecified atom stereocenters. The summed E-state index contributed by atoms with van der Waals surface area (Å²) in [6.07, 6.45) is 2.77. The Morgan fingerprint density at radius 3 is 2.35 bits per heavy atom. The number of nitrogens with zero attached hydrogens (tertiary/aromatic N) is 2. The fourth-order valence-electron chi connectivity index (χ4n) is 2.10. The van der Waals surface area contributed by atoms with Crippen molar-refractivity contribution in [2.24, 2.45) is 0 Å². The zero-order valence-corrected chi connectivity index (χ0v) is 12.9. The Hall–Kier alpha value is -1.84. The molecule has 1 aromatic carbocycles. The zero-order valence-electron chi connectivity index (χ0n) is 12.9. The topological polar surface area (TPSA) is 29.9 Å². The van der Waals surface area contributed by atoms with E-state index in [1.165, 1.54) is 17.8 Å². The second-order valence-corrected chi connectivity index (χ2v) is 4.14. The number of hydrogen-bond donors (Lipinski definition) is 1. The van der Waals surface area contributed by atoms with Gasteiger partial charge in [0.15, 0.2) is 0 Å². The highest BCUT2D eigenvalue weighted by Gasteiger charge is 2.22. The van der Waals surface area contributed by atoms with E-state index in [0.717, 1.165) is 17.8 Å². The molecule has 0 spiro atoms. The molecule has 1 aliphatic heterocycles. The predicted molar refractivity (Wildman–Crippen MR) is 83.0 cm³/mol. The first-order valence-electron chi connectivity index (χ1n) is 7.33. The van der Waals surface area contributed by atoms with Crippen LogP contribution in [0.1, 0.15) is 40.3 Å². The molecule has 1 aromatic heterocycles. The second-order valence-electron chi connectivity index (χ2n) is 4.14. The van der Waals surface area contributed by atoms with Gasteiger partial charge < -0.3 is 5.32 Å². The van der Waals surface area contributed by atoms with E-state index in [1.54, 1.807) is 12.1 Å². The Morgan fingerprint density at radius 2 is 1.75 bits per heavy atom. The van der Waals surface area contributed by atoms with Gasteiger partial charge in [-0.15, -0.1) is 0 Å². The van der Waals surface area contributed by atoms with Gasteiger partial charge in [-0.25, -0.2) is 9.07 Å². The van der Waals surface area contributed by atoms with Gasteiger partial charge in [-0.2, -0.15) is 5.10 Å². The summed E-state index contributed by atoms with van der Waals surface area (Å²) in [7, 11) is 0. The number of anilines is 1. The summed E-state index contributed by atoms with van der Waals surface area (Å²) in [6, 6.07) is 6.83. The zero-order chi connectivity index (χ0) is 15.1. The van der Waals surface area contributed by atoms with Crippen LogP contribution in [0.4, 0.5) is 10.1 Å². The lowest BCUT2D eigenvalue weighted by Gasteiger charge is -2.05. The molecule has 0 fully saturated rings. The smallest absolute Gasteiger partial charge is 0.123 e. The van der Waals surface area contributed by atoms with Crippen LogP contribution in [0, 0.1) is 5.82 Å². The van der Waals surface area contributed by atoms with Gasteiger partial charge in [0.25, 0.3) is 0 Å². The van der Waals surface area contributed by atoms with Crippen molar-refractivity contribution in [3.05, 3.63) is 42.0 Å². The van der Waals surface area contributed by atoms with Gasteiger partial charge in [-0.05, 0) is 31.2 Å². The van der Waals surface area contributed by atoms with Crippen molar-refractivity contribution in [3.8, 4) is 5.69 Å². The molecule has 4 heteroatoms. The molecule has 0 saturated carbocycles. The number of fused-ring (bicyclic) bond motifs is 1. The normalized spacial score (nSPS) is 15.2.